The Hall–Kier alpha value is -1.96. The Labute approximate surface area is 120 Å². The van der Waals surface area contributed by atoms with Crippen molar-refractivity contribution >= 4 is 34.3 Å². The summed E-state index contributed by atoms with van der Waals surface area (Å²) in [6.07, 6.45) is 1.23. The molecule has 7 nitrogen and oxygen atoms in total. The number of aliphatic carboxylic acids is 1. The van der Waals surface area contributed by atoms with E-state index in [-0.39, 0.29) is 18.0 Å². The van der Waals surface area contributed by atoms with Crippen LogP contribution in [-0.2, 0) is 9.59 Å². The van der Waals surface area contributed by atoms with Gasteiger partial charge in [-0.05, 0) is 6.42 Å². The maximum Gasteiger partial charge on any atom is 0.305 e. The maximum atomic E-state index is 11.9. The highest BCUT2D eigenvalue weighted by molar-refractivity contribution is 7.14. The molecule has 2 amide bonds. The molecule has 1 unspecified atom stereocenters. The molecule has 0 bridgehead atoms. The monoisotopic (exact) mass is 299 g/mol. The van der Waals surface area contributed by atoms with Crippen LogP contribution in [0.4, 0.5) is 5.13 Å². The minimum atomic E-state index is -0.957. The standard InChI is InChI=1S/C12H17N3O4S/c1-3-4-8(5-10(17)18)14-11(19)9-6-20-12(15-9)13-7(2)16/h6,8H,3-5H2,1-2H3,(H,14,19)(H,17,18)(H,13,15,16). The van der Waals surface area contributed by atoms with Crippen LogP contribution in [0.15, 0.2) is 5.38 Å². The predicted octanol–water partition coefficient (Wildman–Crippen LogP) is 1.47. The summed E-state index contributed by atoms with van der Waals surface area (Å²) in [6, 6.07) is -0.420. The van der Waals surface area contributed by atoms with E-state index in [1.165, 1.54) is 12.3 Å². The first-order chi connectivity index (χ1) is 9.42. The molecule has 1 aromatic heterocycles. The van der Waals surface area contributed by atoms with Gasteiger partial charge < -0.3 is 15.7 Å². The quantitative estimate of drug-likeness (QED) is 0.706. The molecule has 0 aliphatic carbocycles. The van der Waals surface area contributed by atoms with E-state index in [2.05, 4.69) is 15.6 Å². The molecule has 1 rings (SSSR count). The second-order valence-corrected chi connectivity index (χ2v) is 5.13. The minimum Gasteiger partial charge on any atom is -0.481 e. The van der Waals surface area contributed by atoms with Crippen LogP contribution < -0.4 is 10.6 Å². The van der Waals surface area contributed by atoms with Gasteiger partial charge in [0.2, 0.25) is 5.91 Å². The lowest BCUT2D eigenvalue weighted by Gasteiger charge is -2.15. The predicted molar refractivity (Wildman–Crippen MR) is 74.8 cm³/mol. The Morgan fingerprint density at radius 1 is 1.45 bits per heavy atom. The third-order valence-corrected chi connectivity index (χ3v) is 3.17. The topological polar surface area (TPSA) is 108 Å². The molecule has 1 heterocycles. The summed E-state index contributed by atoms with van der Waals surface area (Å²) in [7, 11) is 0. The highest BCUT2D eigenvalue weighted by Gasteiger charge is 2.18. The first-order valence-electron chi connectivity index (χ1n) is 6.18. The molecule has 1 aromatic rings. The van der Waals surface area contributed by atoms with Gasteiger partial charge >= 0.3 is 5.97 Å². The van der Waals surface area contributed by atoms with Gasteiger partial charge in [-0.3, -0.25) is 14.4 Å². The van der Waals surface area contributed by atoms with Gasteiger partial charge in [-0.1, -0.05) is 13.3 Å². The first kappa shape index (κ1) is 16.1. The number of carbonyl (C=O) groups excluding carboxylic acids is 2. The molecular formula is C12H17N3O4S. The van der Waals surface area contributed by atoms with Crippen molar-refractivity contribution in [1.29, 1.82) is 0 Å². The van der Waals surface area contributed by atoms with Crippen molar-refractivity contribution in [2.24, 2.45) is 0 Å². The van der Waals surface area contributed by atoms with Crippen molar-refractivity contribution in [2.75, 3.05) is 5.32 Å². The normalized spacial score (nSPS) is 11.7. The highest BCUT2D eigenvalue weighted by Crippen LogP contribution is 2.15. The highest BCUT2D eigenvalue weighted by atomic mass is 32.1. The molecule has 0 spiro atoms. The van der Waals surface area contributed by atoms with Crippen LogP contribution >= 0.6 is 11.3 Å². The summed E-state index contributed by atoms with van der Waals surface area (Å²) in [5.41, 5.74) is 0.172. The van der Waals surface area contributed by atoms with Gasteiger partial charge in [-0.25, -0.2) is 4.98 Å². The summed E-state index contributed by atoms with van der Waals surface area (Å²) in [5.74, 6) is -1.65. The van der Waals surface area contributed by atoms with Crippen LogP contribution in [0.5, 0.6) is 0 Å². The van der Waals surface area contributed by atoms with E-state index in [0.29, 0.717) is 11.6 Å². The smallest absolute Gasteiger partial charge is 0.305 e. The molecule has 110 valence electrons. The lowest BCUT2D eigenvalue weighted by molar-refractivity contribution is -0.137. The van der Waals surface area contributed by atoms with Gasteiger partial charge in [0.1, 0.15) is 5.69 Å². The number of carboxylic acid groups (broad SMARTS) is 1. The van der Waals surface area contributed by atoms with Crippen molar-refractivity contribution in [3.8, 4) is 0 Å². The molecule has 1 atom stereocenters. The second-order valence-electron chi connectivity index (χ2n) is 4.28. The molecule has 0 saturated carbocycles. The largest absolute Gasteiger partial charge is 0.481 e. The Morgan fingerprint density at radius 3 is 2.70 bits per heavy atom. The van der Waals surface area contributed by atoms with E-state index in [0.717, 1.165) is 17.8 Å². The van der Waals surface area contributed by atoms with Crippen LogP contribution in [0.2, 0.25) is 0 Å². The third-order valence-electron chi connectivity index (χ3n) is 2.41. The van der Waals surface area contributed by atoms with E-state index in [9.17, 15) is 14.4 Å². The number of nitrogens with one attached hydrogen (secondary N) is 2. The summed E-state index contributed by atoms with van der Waals surface area (Å²) in [6.45, 7) is 3.27. The Kier molecular flexibility index (Phi) is 6.10. The molecule has 20 heavy (non-hydrogen) atoms. The summed E-state index contributed by atoms with van der Waals surface area (Å²) < 4.78 is 0. The fraction of sp³-hybridized carbons (Fsp3) is 0.500. The number of carbonyl (C=O) groups is 3. The van der Waals surface area contributed by atoms with Crippen LogP contribution in [0.25, 0.3) is 0 Å². The molecule has 3 N–H and O–H groups in total. The lowest BCUT2D eigenvalue weighted by atomic mass is 10.1. The fourth-order valence-electron chi connectivity index (χ4n) is 1.63. The average Bonchev–Trinajstić information content (AvgIpc) is 2.76. The Balaban J connectivity index is 2.65. The van der Waals surface area contributed by atoms with Gasteiger partial charge in [-0.15, -0.1) is 11.3 Å². The van der Waals surface area contributed by atoms with E-state index in [4.69, 9.17) is 5.11 Å². The summed E-state index contributed by atoms with van der Waals surface area (Å²) in [5, 5.41) is 15.8. The van der Waals surface area contributed by atoms with Crippen LogP contribution in [0, 0.1) is 0 Å². The summed E-state index contributed by atoms with van der Waals surface area (Å²) >= 11 is 1.14. The van der Waals surface area contributed by atoms with Crippen molar-refractivity contribution < 1.29 is 19.5 Å². The van der Waals surface area contributed by atoms with Gasteiger partial charge in [0, 0.05) is 18.3 Å². The van der Waals surface area contributed by atoms with Gasteiger partial charge in [0.15, 0.2) is 5.13 Å². The number of aromatic nitrogens is 1. The third kappa shape index (κ3) is 5.35. The average molecular weight is 299 g/mol. The number of carboxylic acids is 1. The molecule has 0 saturated heterocycles. The number of thiazole rings is 1. The molecule has 8 heteroatoms. The SMILES string of the molecule is CCCC(CC(=O)O)NC(=O)c1csc(NC(C)=O)n1. The molecule has 0 fully saturated rings. The van der Waals surface area contributed by atoms with E-state index >= 15 is 0 Å². The number of rotatable bonds is 7. The zero-order chi connectivity index (χ0) is 15.1. The fourth-order valence-corrected chi connectivity index (χ4v) is 2.37. The Bertz CT molecular complexity index is 501. The van der Waals surface area contributed by atoms with E-state index in [1.54, 1.807) is 0 Å². The Morgan fingerprint density at radius 2 is 2.15 bits per heavy atom. The van der Waals surface area contributed by atoms with E-state index < -0.39 is 17.9 Å². The van der Waals surface area contributed by atoms with Crippen LogP contribution in [0.1, 0.15) is 43.6 Å². The van der Waals surface area contributed by atoms with Crippen molar-refractivity contribution in [2.45, 2.75) is 39.2 Å². The number of hydrogen-bond donors (Lipinski definition) is 3. The number of hydrogen-bond acceptors (Lipinski definition) is 5. The first-order valence-corrected chi connectivity index (χ1v) is 7.06. The van der Waals surface area contributed by atoms with Crippen molar-refractivity contribution in [1.82, 2.24) is 10.3 Å². The number of anilines is 1. The molecule has 0 radical (unpaired) electrons. The molecular weight excluding hydrogens is 282 g/mol. The molecule has 0 aliphatic heterocycles. The summed E-state index contributed by atoms with van der Waals surface area (Å²) in [4.78, 5) is 37.5. The maximum absolute atomic E-state index is 11.9. The number of amides is 2. The van der Waals surface area contributed by atoms with Gasteiger partial charge in [0.05, 0.1) is 6.42 Å². The zero-order valence-electron chi connectivity index (χ0n) is 11.3. The van der Waals surface area contributed by atoms with Crippen molar-refractivity contribution in [3.63, 3.8) is 0 Å². The van der Waals surface area contributed by atoms with Gasteiger partial charge in [0.25, 0.3) is 5.91 Å². The van der Waals surface area contributed by atoms with Crippen LogP contribution in [0.3, 0.4) is 0 Å². The number of nitrogens with zero attached hydrogens (tertiary/aromatic N) is 1. The second kappa shape index (κ2) is 7.59. The minimum absolute atomic E-state index is 0.123. The zero-order valence-corrected chi connectivity index (χ0v) is 12.1. The van der Waals surface area contributed by atoms with Crippen LogP contribution in [-0.4, -0.2) is 33.9 Å². The van der Waals surface area contributed by atoms with Gasteiger partial charge in [-0.2, -0.15) is 0 Å². The van der Waals surface area contributed by atoms with Crippen molar-refractivity contribution in [3.05, 3.63) is 11.1 Å². The molecule has 0 aliphatic rings. The lowest BCUT2D eigenvalue weighted by Crippen LogP contribution is -2.36. The molecule has 0 aromatic carbocycles. The van der Waals surface area contributed by atoms with E-state index in [1.807, 2.05) is 6.92 Å².